The molecule has 0 bridgehead atoms. The lowest BCUT2D eigenvalue weighted by molar-refractivity contribution is -0.116. The van der Waals surface area contributed by atoms with Crippen molar-refractivity contribution in [2.45, 2.75) is 26.2 Å². The molecule has 1 heterocycles. The van der Waals surface area contributed by atoms with Gasteiger partial charge in [-0.15, -0.1) is 0 Å². The van der Waals surface area contributed by atoms with Gasteiger partial charge in [0.25, 0.3) is 0 Å². The van der Waals surface area contributed by atoms with E-state index in [1.165, 1.54) is 0 Å². The number of anilines is 3. The van der Waals surface area contributed by atoms with Gasteiger partial charge in [0, 0.05) is 44.0 Å². The van der Waals surface area contributed by atoms with Crippen LogP contribution < -0.4 is 15.1 Å². The molecular weight excluding hydrogens is 405 g/mol. The third-order valence-corrected chi connectivity index (χ3v) is 5.06. The highest BCUT2D eigenvalue weighted by Gasteiger charge is 2.30. The van der Waals surface area contributed by atoms with E-state index in [0.29, 0.717) is 25.2 Å². The van der Waals surface area contributed by atoms with Crippen molar-refractivity contribution >= 4 is 23.0 Å². The minimum atomic E-state index is -2.16. The van der Waals surface area contributed by atoms with Crippen molar-refractivity contribution in [3.05, 3.63) is 53.4 Å². The second-order valence-electron chi connectivity index (χ2n) is 7.09. The fraction of sp³-hybridized carbons (Fsp3) is 0.381. The number of rotatable bonds is 6. The molecule has 30 heavy (non-hydrogen) atoms. The number of carbonyl (C=O) groups is 1. The van der Waals surface area contributed by atoms with Gasteiger partial charge in [0.1, 0.15) is 5.69 Å². The second kappa shape index (κ2) is 9.32. The Bertz CT molecular complexity index is 883. The predicted molar refractivity (Wildman–Crippen MR) is 105 cm³/mol. The van der Waals surface area contributed by atoms with Crippen LogP contribution in [0.5, 0.6) is 0 Å². The maximum Gasteiger partial charge on any atom is 0.224 e. The van der Waals surface area contributed by atoms with E-state index in [1.807, 2.05) is 24.0 Å². The van der Waals surface area contributed by atoms with Crippen molar-refractivity contribution in [2.75, 3.05) is 41.3 Å². The van der Waals surface area contributed by atoms with E-state index >= 15 is 0 Å². The molecule has 0 aliphatic carbocycles. The van der Waals surface area contributed by atoms with Crippen LogP contribution >= 0.6 is 0 Å². The van der Waals surface area contributed by atoms with Gasteiger partial charge in [0.05, 0.1) is 0 Å². The van der Waals surface area contributed by atoms with E-state index in [2.05, 4.69) is 5.32 Å². The Morgan fingerprint density at radius 2 is 1.33 bits per heavy atom. The Balaban J connectivity index is 1.64. The number of halogens is 5. The highest BCUT2D eigenvalue weighted by atomic mass is 19.2. The molecule has 4 nitrogen and oxygen atoms in total. The van der Waals surface area contributed by atoms with Crippen molar-refractivity contribution < 1.29 is 26.7 Å². The topological polar surface area (TPSA) is 35.6 Å². The van der Waals surface area contributed by atoms with Crippen molar-refractivity contribution in [2.24, 2.45) is 0 Å². The average molecular weight is 427 g/mol. The summed E-state index contributed by atoms with van der Waals surface area (Å²) in [5.74, 6) is -9.73. The summed E-state index contributed by atoms with van der Waals surface area (Å²) in [6.45, 7) is 2.86. The van der Waals surface area contributed by atoms with E-state index in [9.17, 15) is 26.7 Å². The fourth-order valence-corrected chi connectivity index (χ4v) is 3.38. The number of piperazine rings is 1. The number of carbonyl (C=O) groups excluding carboxylic acids is 1. The third-order valence-electron chi connectivity index (χ3n) is 5.06. The first-order valence-electron chi connectivity index (χ1n) is 9.74. The van der Waals surface area contributed by atoms with Gasteiger partial charge >= 0.3 is 0 Å². The number of unbranched alkanes of at least 4 members (excludes halogenated alkanes) is 1. The second-order valence-corrected chi connectivity index (χ2v) is 7.09. The Morgan fingerprint density at radius 3 is 1.87 bits per heavy atom. The molecule has 2 aromatic rings. The Kier molecular flexibility index (Phi) is 6.79. The highest BCUT2D eigenvalue weighted by molar-refractivity contribution is 5.90. The quantitative estimate of drug-likeness (QED) is 0.407. The summed E-state index contributed by atoms with van der Waals surface area (Å²) in [5, 5.41) is 2.81. The van der Waals surface area contributed by atoms with E-state index in [0.717, 1.165) is 23.4 Å². The molecule has 162 valence electrons. The standard InChI is InChI=1S/C21H22F5N3O/c1-2-3-4-15(30)27-13-5-7-14(8-6-13)28-9-11-29(12-10-28)21-19(25)17(23)16(22)18(24)20(21)26/h5-8H,2-4,9-12H2,1H3,(H,27,30). The lowest BCUT2D eigenvalue weighted by Crippen LogP contribution is -2.47. The zero-order chi connectivity index (χ0) is 21.8. The van der Waals surface area contributed by atoms with Crippen molar-refractivity contribution in [1.29, 1.82) is 0 Å². The number of amides is 1. The summed E-state index contributed by atoms with van der Waals surface area (Å²) in [5.41, 5.74) is 0.606. The molecule has 0 spiro atoms. The molecule has 1 N–H and O–H groups in total. The van der Waals surface area contributed by atoms with Gasteiger partial charge in [-0.1, -0.05) is 13.3 Å². The van der Waals surface area contributed by atoms with Crippen LogP contribution in [0.25, 0.3) is 0 Å². The average Bonchev–Trinajstić information content (AvgIpc) is 2.76. The molecule has 1 amide bonds. The summed E-state index contributed by atoms with van der Waals surface area (Å²) in [6, 6.07) is 7.14. The number of hydrogen-bond acceptors (Lipinski definition) is 3. The van der Waals surface area contributed by atoms with Gasteiger partial charge in [0.15, 0.2) is 23.3 Å². The first-order valence-corrected chi connectivity index (χ1v) is 9.74. The maximum atomic E-state index is 14.0. The molecule has 0 saturated carbocycles. The van der Waals surface area contributed by atoms with Gasteiger partial charge in [0.2, 0.25) is 11.7 Å². The Hall–Kier alpha value is -2.84. The maximum absolute atomic E-state index is 14.0. The number of nitrogens with one attached hydrogen (secondary N) is 1. The molecule has 1 aliphatic rings. The van der Waals surface area contributed by atoms with Gasteiger partial charge in [-0.2, -0.15) is 0 Å². The summed E-state index contributed by atoms with van der Waals surface area (Å²) in [4.78, 5) is 14.9. The largest absolute Gasteiger partial charge is 0.368 e. The van der Waals surface area contributed by atoms with Crippen molar-refractivity contribution in [3.63, 3.8) is 0 Å². The van der Waals surface area contributed by atoms with Crippen LogP contribution in [-0.2, 0) is 4.79 Å². The monoisotopic (exact) mass is 427 g/mol. The molecular formula is C21H22F5N3O. The summed E-state index contributed by atoms with van der Waals surface area (Å²) in [6.07, 6.45) is 2.21. The van der Waals surface area contributed by atoms with Gasteiger partial charge in [-0.3, -0.25) is 4.79 Å². The molecule has 1 aliphatic heterocycles. The molecule has 2 aromatic carbocycles. The van der Waals surface area contributed by atoms with Crippen LogP contribution in [0.2, 0.25) is 0 Å². The van der Waals surface area contributed by atoms with Crippen LogP contribution in [-0.4, -0.2) is 32.1 Å². The Morgan fingerprint density at radius 1 is 0.833 bits per heavy atom. The van der Waals surface area contributed by atoms with Crippen LogP contribution in [0.1, 0.15) is 26.2 Å². The zero-order valence-corrected chi connectivity index (χ0v) is 16.5. The fourth-order valence-electron chi connectivity index (χ4n) is 3.38. The van der Waals surface area contributed by atoms with Gasteiger partial charge < -0.3 is 15.1 Å². The normalized spacial score (nSPS) is 14.2. The molecule has 1 saturated heterocycles. The van der Waals surface area contributed by atoms with Crippen molar-refractivity contribution in [1.82, 2.24) is 0 Å². The van der Waals surface area contributed by atoms with Crippen LogP contribution in [0.4, 0.5) is 39.0 Å². The smallest absolute Gasteiger partial charge is 0.224 e. The van der Waals surface area contributed by atoms with Crippen LogP contribution in [0, 0.1) is 29.1 Å². The van der Waals surface area contributed by atoms with Crippen LogP contribution in [0.15, 0.2) is 24.3 Å². The molecule has 3 rings (SSSR count). The van der Waals surface area contributed by atoms with Gasteiger partial charge in [-0.05, 0) is 30.7 Å². The number of hydrogen-bond donors (Lipinski definition) is 1. The summed E-state index contributed by atoms with van der Waals surface area (Å²) in [7, 11) is 0. The molecule has 1 fully saturated rings. The minimum absolute atomic E-state index is 0.0546. The summed E-state index contributed by atoms with van der Waals surface area (Å²) >= 11 is 0. The van der Waals surface area contributed by atoms with Crippen molar-refractivity contribution in [3.8, 4) is 0 Å². The van der Waals surface area contributed by atoms with E-state index < -0.39 is 34.8 Å². The number of benzene rings is 2. The first kappa shape index (κ1) is 21.9. The van der Waals surface area contributed by atoms with Crippen LogP contribution in [0.3, 0.4) is 0 Å². The molecule has 0 atom stereocenters. The Labute approximate surface area is 171 Å². The van der Waals surface area contributed by atoms with E-state index in [4.69, 9.17) is 0 Å². The highest BCUT2D eigenvalue weighted by Crippen LogP contribution is 2.31. The molecule has 9 heteroatoms. The van der Waals surface area contributed by atoms with E-state index in [-0.39, 0.29) is 19.0 Å². The minimum Gasteiger partial charge on any atom is -0.368 e. The number of nitrogens with zero attached hydrogens (tertiary/aromatic N) is 2. The SMILES string of the molecule is CCCCC(=O)Nc1ccc(N2CCN(c3c(F)c(F)c(F)c(F)c3F)CC2)cc1. The molecule has 0 aromatic heterocycles. The van der Waals surface area contributed by atoms with Gasteiger partial charge in [-0.25, -0.2) is 22.0 Å². The first-order chi connectivity index (χ1) is 14.3. The zero-order valence-electron chi connectivity index (χ0n) is 16.5. The lowest BCUT2D eigenvalue weighted by atomic mass is 10.2. The molecule has 0 radical (unpaired) electrons. The predicted octanol–water partition coefficient (Wildman–Crippen LogP) is 4.84. The summed E-state index contributed by atoms with van der Waals surface area (Å²) < 4.78 is 68.2. The third kappa shape index (κ3) is 4.49. The van der Waals surface area contributed by atoms with E-state index in [1.54, 1.807) is 12.1 Å². The molecule has 0 unspecified atom stereocenters. The lowest BCUT2D eigenvalue weighted by Gasteiger charge is -2.37.